The van der Waals surface area contributed by atoms with Crippen molar-refractivity contribution in [2.45, 2.75) is 37.6 Å². The highest BCUT2D eigenvalue weighted by molar-refractivity contribution is 5.78. The van der Waals surface area contributed by atoms with E-state index in [1.807, 2.05) is 0 Å². The monoisotopic (exact) mass is 277 g/mol. The van der Waals surface area contributed by atoms with Gasteiger partial charge in [0, 0.05) is 25.0 Å². The van der Waals surface area contributed by atoms with E-state index in [-0.39, 0.29) is 38.7 Å². The number of carbonyl (C=O) groups is 3. The molecule has 0 aromatic rings. The first-order chi connectivity index (χ1) is 8.85. The molecule has 0 heterocycles. The lowest BCUT2D eigenvalue weighted by molar-refractivity contribution is -0.138. The van der Waals surface area contributed by atoms with Crippen LogP contribution in [0.25, 0.3) is 0 Å². The lowest BCUT2D eigenvalue weighted by Crippen LogP contribution is -2.50. The predicted molar refractivity (Wildman–Crippen MR) is 63.4 cm³/mol. The average Bonchev–Trinajstić information content (AvgIpc) is 2.34. The number of hydrogen-bond donors (Lipinski definition) is 5. The minimum atomic E-state index is -1.13. The summed E-state index contributed by atoms with van der Waals surface area (Å²) in [7, 11) is 0. The second-order valence-electron chi connectivity index (χ2n) is 4.25. The predicted octanol–water partition coefficient (Wildman–Crippen LogP) is -1.05. The third-order valence-corrected chi connectivity index (χ3v) is 2.77. The van der Waals surface area contributed by atoms with Crippen LogP contribution in [-0.4, -0.2) is 57.0 Å². The number of carboxylic acid groups (broad SMARTS) is 2. The Labute approximate surface area is 110 Å². The fourth-order valence-corrected chi connectivity index (χ4v) is 1.80. The molecule has 5 N–H and O–H groups in total. The van der Waals surface area contributed by atoms with Gasteiger partial charge in [-0.05, 0) is 19.3 Å². The Morgan fingerprint density at radius 2 is 1.37 bits per heavy atom. The Bertz CT molecular complexity index is 311. The van der Waals surface area contributed by atoms with Crippen LogP contribution in [0, 0.1) is 0 Å². The van der Waals surface area contributed by atoms with Gasteiger partial charge in [0.1, 0.15) is 6.61 Å². The summed E-state index contributed by atoms with van der Waals surface area (Å²) < 4.78 is 0. The van der Waals surface area contributed by atoms with Crippen molar-refractivity contribution in [1.82, 2.24) is 5.32 Å². The van der Waals surface area contributed by atoms with E-state index in [1.165, 1.54) is 0 Å². The average molecular weight is 277 g/mol. The van der Waals surface area contributed by atoms with Crippen molar-refractivity contribution in [1.29, 1.82) is 0 Å². The number of aliphatic carboxylic acids is 2. The van der Waals surface area contributed by atoms with Crippen LogP contribution < -0.4 is 5.32 Å². The molecule has 0 fully saturated rings. The summed E-state index contributed by atoms with van der Waals surface area (Å²) in [6.45, 7) is -1.11. The number of aliphatic hydroxyl groups is 2. The van der Waals surface area contributed by atoms with Crippen molar-refractivity contribution in [3.63, 3.8) is 0 Å². The highest BCUT2D eigenvalue weighted by Crippen LogP contribution is 2.24. The molecule has 0 aromatic carbocycles. The molecule has 0 saturated carbocycles. The van der Waals surface area contributed by atoms with Crippen LogP contribution in [0.15, 0.2) is 0 Å². The van der Waals surface area contributed by atoms with Gasteiger partial charge >= 0.3 is 11.9 Å². The quantitative estimate of drug-likeness (QED) is 0.342. The van der Waals surface area contributed by atoms with Gasteiger partial charge in [-0.3, -0.25) is 14.4 Å². The second kappa shape index (κ2) is 8.44. The van der Waals surface area contributed by atoms with Crippen molar-refractivity contribution >= 4 is 17.8 Å². The maximum Gasteiger partial charge on any atom is 0.303 e. The maximum absolute atomic E-state index is 11.3. The standard InChI is InChI=1S/C11H19NO7/c13-6-5-11(3-1-9(16)17,4-2-10(18)19)12-8(15)7-14/h13-14H,1-7H2,(H,12,15)(H,16,17)(H,18,19). The number of aliphatic hydroxyl groups excluding tert-OH is 2. The molecule has 0 aromatic heterocycles. The molecule has 19 heavy (non-hydrogen) atoms. The lowest BCUT2D eigenvalue weighted by atomic mass is 9.85. The maximum atomic E-state index is 11.3. The normalized spacial score (nSPS) is 11.1. The number of carboxylic acids is 2. The van der Waals surface area contributed by atoms with Crippen LogP contribution >= 0.6 is 0 Å². The summed E-state index contributed by atoms with van der Waals surface area (Å²) in [5.74, 6) is -2.91. The zero-order chi connectivity index (χ0) is 14.9. The minimum Gasteiger partial charge on any atom is -0.481 e. The first kappa shape index (κ1) is 17.3. The van der Waals surface area contributed by atoms with Crippen LogP contribution in [0.3, 0.4) is 0 Å². The molecule has 1 amide bonds. The van der Waals surface area contributed by atoms with E-state index < -0.39 is 30.0 Å². The third-order valence-electron chi connectivity index (χ3n) is 2.77. The van der Waals surface area contributed by atoms with E-state index in [0.29, 0.717) is 0 Å². The molecular formula is C11H19NO7. The van der Waals surface area contributed by atoms with E-state index in [9.17, 15) is 14.4 Å². The Morgan fingerprint density at radius 3 is 1.68 bits per heavy atom. The van der Waals surface area contributed by atoms with Gasteiger partial charge < -0.3 is 25.7 Å². The van der Waals surface area contributed by atoms with Gasteiger partial charge in [0.25, 0.3) is 0 Å². The summed E-state index contributed by atoms with van der Waals surface area (Å²) in [6, 6.07) is 0. The zero-order valence-corrected chi connectivity index (χ0v) is 10.5. The van der Waals surface area contributed by atoms with Gasteiger partial charge in [-0.15, -0.1) is 0 Å². The molecule has 8 heteroatoms. The molecule has 0 unspecified atom stereocenters. The molecule has 0 aliphatic rings. The number of hydrogen-bond acceptors (Lipinski definition) is 5. The third kappa shape index (κ3) is 7.37. The number of amides is 1. The van der Waals surface area contributed by atoms with Gasteiger partial charge in [0.2, 0.25) is 5.91 Å². The second-order valence-corrected chi connectivity index (χ2v) is 4.25. The highest BCUT2D eigenvalue weighted by Gasteiger charge is 2.32. The molecular weight excluding hydrogens is 258 g/mol. The molecule has 110 valence electrons. The lowest BCUT2D eigenvalue weighted by Gasteiger charge is -2.33. The molecule has 0 bridgehead atoms. The molecule has 0 atom stereocenters. The molecule has 0 aliphatic carbocycles. The highest BCUT2D eigenvalue weighted by atomic mass is 16.4. The van der Waals surface area contributed by atoms with Crippen molar-refractivity contribution < 1.29 is 34.8 Å². The van der Waals surface area contributed by atoms with Crippen molar-refractivity contribution in [3.05, 3.63) is 0 Å². The first-order valence-corrected chi connectivity index (χ1v) is 5.81. The SMILES string of the molecule is O=C(O)CCC(CCO)(CCC(=O)O)NC(=O)CO. The fraction of sp³-hybridized carbons (Fsp3) is 0.727. The summed E-state index contributed by atoms with van der Waals surface area (Å²) in [4.78, 5) is 32.5. The van der Waals surface area contributed by atoms with Gasteiger partial charge in [0.15, 0.2) is 0 Å². The number of rotatable bonds is 10. The molecule has 0 saturated heterocycles. The molecule has 0 radical (unpaired) electrons. The number of nitrogens with one attached hydrogen (secondary N) is 1. The molecule has 0 rings (SSSR count). The molecule has 8 nitrogen and oxygen atoms in total. The van der Waals surface area contributed by atoms with Crippen molar-refractivity contribution in [3.8, 4) is 0 Å². The van der Waals surface area contributed by atoms with Crippen LogP contribution in [0.2, 0.25) is 0 Å². The molecule has 0 spiro atoms. The van der Waals surface area contributed by atoms with Crippen LogP contribution in [-0.2, 0) is 14.4 Å². The first-order valence-electron chi connectivity index (χ1n) is 5.81. The van der Waals surface area contributed by atoms with Crippen LogP contribution in [0.1, 0.15) is 32.1 Å². The smallest absolute Gasteiger partial charge is 0.303 e. The zero-order valence-electron chi connectivity index (χ0n) is 10.5. The van der Waals surface area contributed by atoms with E-state index in [4.69, 9.17) is 20.4 Å². The van der Waals surface area contributed by atoms with Crippen LogP contribution in [0.5, 0.6) is 0 Å². The topological polar surface area (TPSA) is 144 Å². The van der Waals surface area contributed by atoms with Crippen molar-refractivity contribution in [2.75, 3.05) is 13.2 Å². The van der Waals surface area contributed by atoms with E-state index >= 15 is 0 Å². The fourth-order valence-electron chi connectivity index (χ4n) is 1.80. The van der Waals surface area contributed by atoms with Gasteiger partial charge in [-0.1, -0.05) is 0 Å². The Balaban J connectivity index is 4.90. The largest absolute Gasteiger partial charge is 0.481 e. The van der Waals surface area contributed by atoms with Gasteiger partial charge in [0.05, 0.1) is 0 Å². The Morgan fingerprint density at radius 1 is 0.895 bits per heavy atom. The summed E-state index contributed by atoms with van der Waals surface area (Å²) >= 11 is 0. The van der Waals surface area contributed by atoms with Gasteiger partial charge in [-0.2, -0.15) is 0 Å². The number of carbonyl (C=O) groups excluding carboxylic acids is 1. The molecule has 0 aliphatic heterocycles. The van der Waals surface area contributed by atoms with Crippen molar-refractivity contribution in [2.24, 2.45) is 0 Å². The van der Waals surface area contributed by atoms with Gasteiger partial charge in [-0.25, -0.2) is 0 Å². The Kier molecular flexibility index (Phi) is 7.69. The minimum absolute atomic E-state index is 0.0120. The summed E-state index contributed by atoms with van der Waals surface area (Å²) in [6.07, 6.45) is -0.542. The van der Waals surface area contributed by atoms with Crippen LogP contribution in [0.4, 0.5) is 0 Å². The summed E-state index contributed by atoms with van der Waals surface area (Å²) in [5, 5.41) is 37.5. The van der Waals surface area contributed by atoms with E-state index in [1.54, 1.807) is 0 Å². The van der Waals surface area contributed by atoms with E-state index in [0.717, 1.165) is 0 Å². The Hall–Kier alpha value is -1.67. The van der Waals surface area contributed by atoms with E-state index in [2.05, 4.69) is 5.32 Å². The summed E-state index contributed by atoms with van der Waals surface area (Å²) in [5.41, 5.74) is -1.13.